The highest BCUT2D eigenvalue weighted by atomic mass is 16.5. The standard InChI is InChI=1S/C19H24N2O4/c1-12(2)14-7-5-13(6-8-14)11-25-17-10-15(19(22)21-20)9-16(23-3)18(17)24-4/h5-10,12H,11,20H2,1-4H3,(H,21,22). The van der Waals surface area contributed by atoms with Gasteiger partial charge in [-0.1, -0.05) is 38.1 Å². The molecule has 1 amide bonds. The van der Waals surface area contributed by atoms with Crippen LogP contribution in [0.2, 0.25) is 0 Å². The van der Waals surface area contributed by atoms with Crippen molar-refractivity contribution in [1.29, 1.82) is 0 Å². The Morgan fingerprint density at radius 2 is 1.72 bits per heavy atom. The topological polar surface area (TPSA) is 82.8 Å². The second-order valence-electron chi connectivity index (χ2n) is 5.87. The lowest BCUT2D eigenvalue weighted by atomic mass is 10.0. The highest BCUT2D eigenvalue weighted by Gasteiger charge is 2.17. The van der Waals surface area contributed by atoms with Gasteiger partial charge in [0, 0.05) is 5.56 Å². The van der Waals surface area contributed by atoms with E-state index in [9.17, 15) is 4.79 Å². The molecule has 6 heteroatoms. The molecule has 0 saturated heterocycles. The molecule has 25 heavy (non-hydrogen) atoms. The number of nitrogens with one attached hydrogen (secondary N) is 1. The first-order valence-corrected chi connectivity index (χ1v) is 7.98. The van der Waals surface area contributed by atoms with E-state index in [0.29, 0.717) is 35.3 Å². The number of rotatable bonds is 7. The minimum atomic E-state index is -0.438. The van der Waals surface area contributed by atoms with E-state index in [1.807, 2.05) is 12.1 Å². The van der Waals surface area contributed by atoms with E-state index in [0.717, 1.165) is 5.56 Å². The Kier molecular flexibility index (Phi) is 6.25. The van der Waals surface area contributed by atoms with Crippen LogP contribution >= 0.6 is 0 Å². The fourth-order valence-electron chi connectivity index (χ4n) is 2.41. The lowest BCUT2D eigenvalue weighted by Gasteiger charge is -2.15. The summed E-state index contributed by atoms with van der Waals surface area (Å²) in [5, 5.41) is 0. The second kappa shape index (κ2) is 8.39. The molecule has 0 aliphatic heterocycles. The van der Waals surface area contributed by atoms with Crippen molar-refractivity contribution in [2.45, 2.75) is 26.4 Å². The number of carbonyl (C=O) groups excluding carboxylic acids is 1. The summed E-state index contributed by atoms with van der Waals surface area (Å²) in [6.45, 7) is 4.64. The van der Waals surface area contributed by atoms with Gasteiger partial charge >= 0.3 is 0 Å². The van der Waals surface area contributed by atoms with Gasteiger partial charge in [-0.05, 0) is 29.2 Å². The molecule has 0 unspecified atom stereocenters. The van der Waals surface area contributed by atoms with Crippen LogP contribution in [0.1, 0.15) is 41.3 Å². The smallest absolute Gasteiger partial charge is 0.265 e. The van der Waals surface area contributed by atoms with Gasteiger partial charge in [-0.25, -0.2) is 5.84 Å². The predicted molar refractivity (Wildman–Crippen MR) is 96.1 cm³/mol. The maximum atomic E-state index is 11.8. The van der Waals surface area contributed by atoms with Gasteiger partial charge in [-0.2, -0.15) is 0 Å². The number of hydrogen-bond donors (Lipinski definition) is 2. The number of hydrogen-bond acceptors (Lipinski definition) is 5. The molecule has 134 valence electrons. The fraction of sp³-hybridized carbons (Fsp3) is 0.316. The van der Waals surface area contributed by atoms with Crippen molar-refractivity contribution >= 4 is 5.91 Å². The van der Waals surface area contributed by atoms with Gasteiger partial charge in [0.05, 0.1) is 14.2 Å². The molecule has 6 nitrogen and oxygen atoms in total. The molecule has 0 atom stereocenters. The van der Waals surface area contributed by atoms with Crippen LogP contribution in [0.4, 0.5) is 0 Å². The maximum Gasteiger partial charge on any atom is 0.265 e. The normalized spacial score (nSPS) is 10.5. The van der Waals surface area contributed by atoms with Crippen LogP contribution in [0, 0.1) is 0 Å². The maximum absolute atomic E-state index is 11.8. The molecular formula is C19H24N2O4. The van der Waals surface area contributed by atoms with E-state index in [2.05, 4.69) is 31.4 Å². The summed E-state index contributed by atoms with van der Waals surface area (Å²) >= 11 is 0. The highest BCUT2D eigenvalue weighted by molar-refractivity contribution is 5.95. The van der Waals surface area contributed by atoms with E-state index in [4.69, 9.17) is 20.1 Å². The van der Waals surface area contributed by atoms with Gasteiger partial charge in [0.1, 0.15) is 6.61 Å². The molecule has 0 aliphatic carbocycles. The number of methoxy groups -OCH3 is 2. The number of amides is 1. The third kappa shape index (κ3) is 4.42. The van der Waals surface area contributed by atoms with Crippen LogP contribution in [-0.2, 0) is 6.61 Å². The molecule has 0 aliphatic rings. The van der Waals surface area contributed by atoms with E-state index < -0.39 is 5.91 Å². The Balaban J connectivity index is 2.26. The number of ether oxygens (including phenoxy) is 3. The van der Waals surface area contributed by atoms with Gasteiger partial charge in [0.25, 0.3) is 5.91 Å². The number of benzene rings is 2. The molecule has 0 radical (unpaired) electrons. The summed E-state index contributed by atoms with van der Waals surface area (Å²) in [7, 11) is 3.02. The molecule has 2 aromatic rings. The molecule has 0 bridgehead atoms. The van der Waals surface area contributed by atoms with E-state index >= 15 is 0 Å². The molecule has 0 saturated carbocycles. The molecular weight excluding hydrogens is 320 g/mol. The van der Waals surface area contributed by atoms with Crippen LogP contribution in [0.15, 0.2) is 36.4 Å². The Hall–Kier alpha value is -2.73. The average Bonchev–Trinajstić information content (AvgIpc) is 2.64. The zero-order chi connectivity index (χ0) is 18.4. The van der Waals surface area contributed by atoms with Crippen molar-refractivity contribution in [2.75, 3.05) is 14.2 Å². The quantitative estimate of drug-likeness (QED) is 0.458. The zero-order valence-corrected chi connectivity index (χ0v) is 15.0. The predicted octanol–water partition coefficient (Wildman–Crippen LogP) is 3.01. The van der Waals surface area contributed by atoms with Gasteiger partial charge < -0.3 is 14.2 Å². The summed E-state index contributed by atoms with van der Waals surface area (Å²) in [5.74, 6) is 6.48. The zero-order valence-electron chi connectivity index (χ0n) is 15.0. The van der Waals surface area contributed by atoms with Gasteiger partial charge in [0.15, 0.2) is 11.5 Å². The van der Waals surface area contributed by atoms with Crippen LogP contribution in [0.25, 0.3) is 0 Å². The third-order valence-electron chi connectivity index (χ3n) is 3.88. The first-order valence-electron chi connectivity index (χ1n) is 7.98. The molecule has 3 N–H and O–H groups in total. The summed E-state index contributed by atoms with van der Waals surface area (Å²) in [4.78, 5) is 11.8. The average molecular weight is 344 g/mol. The summed E-state index contributed by atoms with van der Waals surface area (Å²) in [6.07, 6.45) is 0. The lowest BCUT2D eigenvalue weighted by molar-refractivity contribution is 0.0952. The summed E-state index contributed by atoms with van der Waals surface area (Å²) in [6, 6.07) is 11.3. The van der Waals surface area contributed by atoms with Crippen LogP contribution in [0.5, 0.6) is 17.2 Å². The molecule has 0 heterocycles. The number of nitrogen functional groups attached to an aromatic ring is 1. The van der Waals surface area contributed by atoms with Crippen molar-refractivity contribution in [3.8, 4) is 17.2 Å². The Morgan fingerprint density at radius 1 is 1.08 bits per heavy atom. The molecule has 2 rings (SSSR count). The van der Waals surface area contributed by atoms with Crippen molar-refractivity contribution < 1.29 is 19.0 Å². The van der Waals surface area contributed by atoms with Gasteiger partial charge in [-0.3, -0.25) is 10.2 Å². The molecule has 0 aromatic heterocycles. The highest BCUT2D eigenvalue weighted by Crippen LogP contribution is 2.38. The summed E-state index contributed by atoms with van der Waals surface area (Å²) < 4.78 is 16.5. The van der Waals surface area contributed by atoms with E-state index in [1.54, 1.807) is 12.1 Å². The summed E-state index contributed by atoms with van der Waals surface area (Å²) in [5.41, 5.74) is 4.70. The molecule has 2 aromatic carbocycles. The van der Waals surface area contributed by atoms with Crippen LogP contribution in [-0.4, -0.2) is 20.1 Å². The number of carbonyl (C=O) groups is 1. The molecule has 0 fully saturated rings. The Bertz CT molecular complexity index is 727. The third-order valence-corrected chi connectivity index (χ3v) is 3.88. The van der Waals surface area contributed by atoms with Crippen molar-refractivity contribution in [3.63, 3.8) is 0 Å². The van der Waals surface area contributed by atoms with Crippen LogP contribution < -0.4 is 25.5 Å². The number of nitrogens with two attached hydrogens (primary N) is 1. The van der Waals surface area contributed by atoms with Crippen molar-refractivity contribution in [3.05, 3.63) is 53.1 Å². The second-order valence-corrected chi connectivity index (χ2v) is 5.87. The first kappa shape index (κ1) is 18.6. The Morgan fingerprint density at radius 3 is 2.24 bits per heavy atom. The van der Waals surface area contributed by atoms with Crippen molar-refractivity contribution in [2.24, 2.45) is 5.84 Å². The van der Waals surface area contributed by atoms with Gasteiger partial charge in [-0.15, -0.1) is 0 Å². The minimum Gasteiger partial charge on any atom is -0.493 e. The Labute approximate surface area is 147 Å². The van der Waals surface area contributed by atoms with Gasteiger partial charge in [0.2, 0.25) is 5.75 Å². The lowest BCUT2D eigenvalue weighted by Crippen LogP contribution is -2.30. The van der Waals surface area contributed by atoms with E-state index in [1.165, 1.54) is 19.8 Å². The SMILES string of the molecule is COc1cc(C(=O)NN)cc(OCc2ccc(C(C)C)cc2)c1OC. The first-order chi connectivity index (χ1) is 12.0. The fourth-order valence-corrected chi connectivity index (χ4v) is 2.41. The monoisotopic (exact) mass is 344 g/mol. The minimum absolute atomic E-state index is 0.324. The largest absolute Gasteiger partial charge is 0.493 e. The van der Waals surface area contributed by atoms with Crippen LogP contribution in [0.3, 0.4) is 0 Å². The molecule has 0 spiro atoms. The number of hydrazine groups is 1. The van der Waals surface area contributed by atoms with Crippen molar-refractivity contribution in [1.82, 2.24) is 5.43 Å². The van der Waals surface area contributed by atoms with E-state index in [-0.39, 0.29) is 0 Å².